The first-order valence-corrected chi connectivity index (χ1v) is 10.6. The zero-order valence-corrected chi connectivity index (χ0v) is 18.3. The number of Topliss-reactive ketones (excluding diaryl/α,β-unsaturated/α-hetero) is 1. The summed E-state index contributed by atoms with van der Waals surface area (Å²) in [6.07, 6.45) is 0.182. The normalized spacial score (nSPS) is 20.5. The van der Waals surface area contributed by atoms with Crippen molar-refractivity contribution in [2.45, 2.75) is 32.4 Å². The number of non-ortho nitro benzene ring substituents is 2. The minimum Gasteiger partial charge on any atom is -0.356 e. The van der Waals surface area contributed by atoms with Gasteiger partial charge in [-0.1, -0.05) is 48.9 Å². The van der Waals surface area contributed by atoms with Crippen molar-refractivity contribution in [3.05, 3.63) is 110 Å². The third-order valence-corrected chi connectivity index (χ3v) is 6.23. The molecule has 0 radical (unpaired) electrons. The number of nitro groups is 2. The van der Waals surface area contributed by atoms with Gasteiger partial charge in [0.05, 0.1) is 21.9 Å². The highest BCUT2D eigenvalue weighted by Gasteiger charge is 2.42. The van der Waals surface area contributed by atoms with Gasteiger partial charge in [-0.2, -0.15) is 0 Å². The zero-order chi connectivity index (χ0) is 23.7. The van der Waals surface area contributed by atoms with Crippen LogP contribution in [0.2, 0.25) is 0 Å². The first-order valence-electron chi connectivity index (χ1n) is 10.6. The summed E-state index contributed by atoms with van der Waals surface area (Å²) in [6.45, 7) is 3.80. The predicted octanol–water partition coefficient (Wildman–Crippen LogP) is 5.71. The first kappa shape index (κ1) is 22.1. The van der Waals surface area contributed by atoms with Crippen molar-refractivity contribution < 1.29 is 14.6 Å². The van der Waals surface area contributed by atoms with Crippen LogP contribution in [0.4, 0.5) is 17.1 Å². The molecule has 1 aliphatic heterocycles. The maximum absolute atomic E-state index is 13.1. The van der Waals surface area contributed by atoms with Crippen LogP contribution in [0.25, 0.3) is 0 Å². The molecule has 8 nitrogen and oxygen atoms in total. The quantitative estimate of drug-likeness (QED) is 0.368. The van der Waals surface area contributed by atoms with Gasteiger partial charge >= 0.3 is 0 Å². The summed E-state index contributed by atoms with van der Waals surface area (Å²) >= 11 is 0. The monoisotopic (exact) mass is 445 g/mol. The topological polar surface area (TPSA) is 107 Å². The lowest BCUT2D eigenvalue weighted by Gasteiger charge is -2.46. The van der Waals surface area contributed by atoms with Gasteiger partial charge in [-0.05, 0) is 30.2 Å². The second kappa shape index (κ2) is 8.82. The Bertz CT molecular complexity index is 1220. The Hall–Kier alpha value is -4.07. The Balaban J connectivity index is 1.91. The van der Waals surface area contributed by atoms with Gasteiger partial charge in [0.15, 0.2) is 0 Å². The van der Waals surface area contributed by atoms with E-state index in [1.54, 1.807) is 24.3 Å². The Morgan fingerprint density at radius 2 is 1.39 bits per heavy atom. The molecule has 3 aromatic carbocycles. The molecule has 0 saturated carbocycles. The number of nitrogens with zero attached hydrogens (tertiary/aromatic N) is 3. The van der Waals surface area contributed by atoms with Crippen LogP contribution in [0.5, 0.6) is 0 Å². The summed E-state index contributed by atoms with van der Waals surface area (Å²) < 4.78 is 0. The van der Waals surface area contributed by atoms with Gasteiger partial charge in [-0.15, -0.1) is 0 Å². The molecule has 0 N–H and O–H groups in total. The van der Waals surface area contributed by atoms with Crippen LogP contribution in [0.1, 0.15) is 42.1 Å². The van der Waals surface area contributed by atoms with Crippen LogP contribution < -0.4 is 4.90 Å². The third kappa shape index (κ3) is 4.32. The maximum Gasteiger partial charge on any atom is 0.269 e. The molecular weight excluding hydrogens is 422 g/mol. The summed E-state index contributed by atoms with van der Waals surface area (Å²) in [7, 11) is 0. The van der Waals surface area contributed by atoms with Crippen molar-refractivity contribution in [1.29, 1.82) is 0 Å². The minimum atomic E-state index is -0.474. The third-order valence-electron chi connectivity index (χ3n) is 6.23. The van der Waals surface area contributed by atoms with E-state index in [1.165, 1.54) is 24.3 Å². The number of carbonyl (C=O) groups excluding carboxylic acids is 1. The lowest BCUT2D eigenvalue weighted by Crippen LogP contribution is -2.45. The van der Waals surface area contributed by atoms with E-state index >= 15 is 0 Å². The minimum absolute atomic E-state index is 0.00590. The van der Waals surface area contributed by atoms with Crippen LogP contribution in [-0.2, 0) is 4.79 Å². The Kier molecular flexibility index (Phi) is 5.91. The fourth-order valence-corrected chi connectivity index (χ4v) is 4.54. The molecule has 3 atom stereocenters. The molecule has 1 fully saturated rings. The largest absolute Gasteiger partial charge is 0.356 e. The number of rotatable bonds is 5. The van der Waals surface area contributed by atoms with Crippen LogP contribution >= 0.6 is 0 Å². The van der Waals surface area contributed by atoms with Gasteiger partial charge in [-0.25, -0.2) is 0 Å². The number of aryl methyl sites for hydroxylation is 1. The number of ketones is 1. The highest BCUT2D eigenvalue weighted by atomic mass is 16.6. The van der Waals surface area contributed by atoms with Crippen molar-refractivity contribution in [2.75, 3.05) is 4.90 Å². The molecule has 1 aliphatic rings. The number of piperidine rings is 1. The molecule has 168 valence electrons. The molecule has 0 bridgehead atoms. The van der Waals surface area contributed by atoms with Crippen LogP contribution in [0.15, 0.2) is 72.8 Å². The lowest BCUT2D eigenvalue weighted by molar-refractivity contribution is -0.385. The number of carbonyl (C=O) groups is 1. The van der Waals surface area contributed by atoms with E-state index in [0.717, 1.165) is 11.3 Å². The summed E-state index contributed by atoms with van der Waals surface area (Å²) in [6, 6.07) is 19.6. The molecule has 8 heteroatoms. The predicted molar refractivity (Wildman–Crippen MR) is 124 cm³/mol. The first-order chi connectivity index (χ1) is 15.8. The molecule has 0 unspecified atom stereocenters. The van der Waals surface area contributed by atoms with Crippen LogP contribution in [0.3, 0.4) is 0 Å². The van der Waals surface area contributed by atoms with E-state index in [4.69, 9.17) is 0 Å². The fourth-order valence-electron chi connectivity index (χ4n) is 4.54. The highest BCUT2D eigenvalue weighted by Crippen LogP contribution is 2.46. The molecule has 0 aromatic heterocycles. The Labute approximate surface area is 190 Å². The lowest BCUT2D eigenvalue weighted by atomic mass is 9.79. The molecule has 0 amide bonds. The number of hydrogen-bond acceptors (Lipinski definition) is 6. The summed E-state index contributed by atoms with van der Waals surface area (Å²) in [5, 5.41) is 22.8. The smallest absolute Gasteiger partial charge is 0.269 e. The van der Waals surface area contributed by atoms with E-state index in [-0.39, 0.29) is 23.6 Å². The van der Waals surface area contributed by atoms with Gasteiger partial charge in [-0.3, -0.25) is 25.0 Å². The van der Waals surface area contributed by atoms with E-state index in [2.05, 4.69) is 4.90 Å². The summed E-state index contributed by atoms with van der Waals surface area (Å²) in [5.74, 6) is -0.422. The number of anilines is 1. The van der Waals surface area contributed by atoms with E-state index in [0.29, 0.717) is 11.1 Å². The van der Waals surface area contributed by atoms with Crippen LogP contribution in [0, 0.1) is 33.1 Å². The molecule has 1 saturated heterocycles. The van der Waals surface area contributed by atoms with Crippen molar-refractivity contribution in [3.8, 4) is 0 Å². The molecular formula is C25H23N3O5. The number of benzene rings is 3. The average Bonchev–Trinajstić information content (AvgIpc) is 2.81. The molecule has 1 heterocycles. The van der Waals surface area contributed by atoms with Gasteiger partial charge < -0.3 is 4.90 Å². The Morgan fingerprint density at radius 1 is 0.848 bits per heavy atom. The van der Waals surface area contributed by atoms with Crippen molar-refractivity contribution in [2.24, 2.45) is 5.92 Å². The van der Waals surface area contributed by atoms with Crippen molar-refractivity contribution in [1.82, 2.24) is 0 Å². The molecule has 33 heavy (non-hydrogen) atoms. The number of hydrogen-bond donors (Lipinski definition) is 0. The number of nitro benzene ring substituents is 2. The van der Waals surface area contributed by atoms with Gasteiger partial charge in [0.2, 0.25) is 0 Å². The van der Waals surface area contributed by atoms with Crippen molar-refractivity contribution in [3.63, 3.8) is 0 Å². The molecule has 0 aliphatic carbocycles. The highest BCUT2D eigenvalue weighted by molar-refractivity contribution is 5.85. The van der Waals surface area contributed by atoms with E-state index in [1.807, 2.05) is 38.1 Å². The van der Waals surface area contributed by atoms with Gasteiger partial charge in [0.1, 0.15) is 5.78 Å². The SMILES string of the molecule is Cc1ccc(N2[C@H](c3cccc([N+](=O)[O-])c3)CC(=O)[C@H](C)[C@@H]2c2cccc([N+](=O)[O-])c2)cc1. The summed E-state index contributed by atoms with van der Waals surface area (Å²) in [4.78, 5) is 37.1. The maximum atomic E-state index is 13.1. The molecule has 3 aromatic rings. The van der Waals surface area contributed by atoms with Gasteiger partial charge in [0, 0.05) is 42.3 Å². The second-order valence-corrected chi connectivity index (χ2v) is 8.37. The van der Waals surface area contributed by atoms with Crippen molar-refractivity contribution >= 4 is 22.8 Å². The zero-order valence-electron chi connectivity index (χ0n) is 18.3. The van der Waals surface area contributed by atoms with Crippen LogP contribution in [-0.4, -0.2) is 15.6 Å². The average molecular weight is 445 g/mol. The fraction of sp³-hybridized carbons (Fsp3) is 0.240. The van der Waals surface area contributed by atoms with E-state index < -0.39 is 27.8 Å². The second-order valence-electron chi connectivity index (χ2n) is 8.37. The van der Waals surface area contributed by atoms with Gasteiger partial charge in [0.25, 0.3) is 11.4 Å². The standard InChI is InChI=1S/C25H23N3O5/c1-16-9-11-20(12-10-16)26-23(18-5-3-7-21(13-18)27(30)31)15-24(29)17(2)25(26)19-6-4-8-22(14-19)28(32)33/h3-14,17,23,25H,15H2,1-2H3/t17-,23-,25+/m0/s1. The Morgan fingerprint density at radius 3 is 1.97 bits per heavy atom. The molecule has 0 spiro atoms. The van der Waals surface area contributed by atoms with E-state index in [9.17, 15) is 25.0 Å². The molecule has 4 rings (SSSR count). The summed E-state index contributed by atoms with van der Waals surface area (Å²) in [5.41, 5.74) is 3.12.